The minimum atomic E-state index is 0.282. The number of ether oxygens (including phenoxy) is 3. The van der Waals surface area contributed by atoms with Gasteiger partial charge < -0.3 is 14.2 Å². The zero-order chi connectivity index (χ0) is 13.9. The molecule has 0 saturated heterocycles. The number of methoxy groups -OCH3 is 1. The molecule has 0 saturated carbocycles. The van der Waals surface area contributed by atoms with Crippen LogP contribution in [0.3, 0.4) is 0 Å². The normalized spacial score (nSPS) is 13.7. The first-order valence-corrected chi connectivity index (χ1v) is 6.62. The van der Waals surface area contributed by atoms with Gasteiger partial charge in [0.15, 0.2) is 22.4 Å². The largest absolute Gasteiger partial charge is 0.491 e. The lowest BCUT2D eigenvalue weighted by atomic mass is 10.1. The zero-order valence-corrected chi connectivity index (χ0v) is 11.7. The summed E-state index contributed by atoms with van der Waals surface area (Å²) in [6.07, 6.45) is 2.27. The van der Waals surface area contributed by atoms with Gasteiger partial charge in [0.25, 0.3) is 0 Å². The Balaban J connectivity index is 2.07. The Morgan fingerprint density at radius 1 is 1.15 bits per heavy atom. The van der Waals surface area contributed by atoms with Crippen LogP contribution in [0, 0.1) is 0 Å². The molecule has 1 aliphatic rings. The Kier molecular flexibility index (Phi) is 3.60. The average Bonchev–Trinajstić information content (AvgIpc) is 2.71. The molecular formula is C14H13ClN2O3. The topological polar surface area (TPSA) is 53.5 Å². The Morgan fingerprint density at radius 3 is 2.75 bits per heavy atom. The number of fused-ring (bicyclic) bond motifs is 1. The van der Waals surface area contributed by atoms with E-state index in [1.165, 1.54) is 13.4 Å². The summed E-state index contributed by atoms with van der Waals surface area (Å²) in [6.45, 7) is 1.30. The molecule has 2 aromatic rings. The molecular weight excluding hydrogens is 280 g/mol. The van der Waals surface area contributed by atoms with Crippen molar-refractivity contribution in [1.29, 1.82) is 0 Å². The fourth-order valence-corrected chi connectivity index (χ4v) is 2.26. The van der Waals surface area contributed by atoms with E-state index in [0.29, 0.717) is 30.4 Å². The highest BCUT2D eigenvalue weighted by Gasteiger charge is 2.16. The molecule has 0 amide bonds. The van der Waals surface area contributed by atoms with E-state index in [2.05, 4.69) is 9.97 Å². The molecule has 3 rings (SSSR count). The van der Waals surface area contributed by atoms with Crippen LogP contribution < -0.4 is 14.2 Å². The predicted molar refractivity (Wildman–Crippen MR) is 74.6 cm³/mol. The summed E-state index contributed by atoms with van der Waals surface area (Å²) in [7, 11) is 1.54. The van der Waals surface area contributed by atoms with Gasteiger partial charge in [0.05, 0.1) is 20.3 Å². The van der Waals surface area contributed by atoms with Crippen molar-refractivity contribution in [3.63, 3.8) is 0 Å². The number of halogens is 1. The van der Waals surface area contributed by atoms with Crippen molar-refractivity contribution in [3.05, 3.63) is 29.7 Å². The van der Waals surface area contributed by atoms with Crippen LogP contribution >= 0.6 is 11.6 Å². The molecule has 0 fully saturated rings. The Morgan fingerprint density at radius 2 is 1.95 bits per heavy atom. The van der Waals surface area contributed by atoms with Crippen LogP contribution in [0.1, 0.15) is 6.42 Å². The van der Waals surface area contributed by atoms with Crippen LogP contribution in [-0.4, -0.2) is 30.3 Å². The summed E-state index contributed by atoms with van der Waals surface area (Å²) >= 11 is 6.02. The lowest BCUT2D eigenvalue weighted by Crippen LogP contribution is -1.97. The first-order chi connectivity index (χ1) is 9.79. The molecule has 0 spiro atoms. The lowest BCUT2D eigenvalue weighted by molar-refractivity contribution is 0.297. The fraction of sp³-hybridized carbons (Fsp3) is 0.286. The molecule has 0 bridgehead atoms. The van der Waals surface area contributed by atoms with Gasteiger partial charge in [-0.3, -0.25) is 0 Å². The number of benzene rings is 1. The second kappa shape index (κ2) is 5.54. The standard InChI is InChI=1S/C14H13ClN2O3/c1-18-13-12(16-8-17-14(13)15)9-3-4-10-11(7-9)20-6-2-5-19-10/h3-4,7-8H,2,5-6H2,1H3. The monoisotopic (exact) mass is 292 g/mol. The molecule has 0 unspecified atom stereocenters. The van der Waals surface area contributed by atoms with E-state index in [1.54, 1.807) is 0 Å². The predicted octanol–water partition coefficient (Wildman–Crippen LogP) is 2.97. The molecule has 0 N–H and O–H groups in total. The number of hydrogen-bond donors (Lipinski definition) is 0. The van der Waals surface area contributed by atoms with E-state index in [-0.39, 0.29) is 5.15 Å². The highest BCUT2D eigenvalue weighted by atomic mass is 35.5. The Bertz CT molecular complexity index is 634. The van der Waals surface area contributed by atoms with Gasteiger partial charge in [0.2, 0.25) is 0 Å². The number of rotatable bonds is 2. The van der Waals surface area contributed by atoms with Crippen LogP contribution in [0.2, 0.25) is 5.15 Å². The van der Waals surface area contributed by atoms with Gasteiger partial charge in [-0.25, -0.2) is 9.97 Å². The minimum Gasteiger partial charge on any atom is -0.491 e. The van der Waals surface area contributed by atoms with Gasteiger partial charge in [-0.1, -0.05) is 11.6 Å². The summed E-state index contributed by atoms with van der Waals surface area (Å²) in [5, 5.41) is 0.282. The summed E-state index contributed by atoms with van der Waals surface area (Å²) in [4.78, 5) is 8.15. The highest BCUT2D eigenvalue weighted by Crippen LogP contribution is 2.38. The second-order valence-corrected chi connectivity index (χ2v) is 4.62. The summed E-state index contributed by atoms with van der Waals surface area (Å²) in [5.41, 5.74) is 1.47. The molecule has 1 aliphatic heterocycles. The van der Waals surface area contributed by atoms with Crippen molar-refractivity contribution in [2.45, 2.75) is 6.42 Å². The molecule has 20 heavy (non-hydrogen) atoms. The maximum atomic E-state index is 6.02. The van der Waals surface area contributed by atoms with Crippen molar-refractivity contribution in [2.75, 3.05) is 20.3 Å². The van der Waals surface area contributed by atoms with E-state index in [4.69, 9.17) is 25.8 Å². The van der Waals surface area contributed by atoms with Crippen molar-refractivity contribution in [1.82, 2.24) is 9.97 Å². The minimum absolute atomic E-state index is 0.282. The molecule has 0 radical (unpaired) electrons. The van der Waals surface area contributed by atoms with E-state index in [0.717, 1.165) is 17.7 Å². The van der Waals surface area contributed by atoms with Gasteiger partial charge in [-0.15, -0.1) is 0 Å². The van der Waals surface area contributed by atoms with Crippen molar-refractivity contribution in [2.24, 2.45) is 0 Å². The first-order valence-electron chi connectivity index (χ1n) is 6.24. The maximum absolute atomic E-state index is 6.02. The van der Waals surface area contributed by atoms with Crippen molar-refractivity contribution < 1.29 is 14.2 Å². The number of nitrogens with zero attached hydrogens (tertiary/aromatic N) is 2. The smallest absolute Gasteiger partial charge is 0.182 e. The van der Waals surface area contributed by atoms with Gasteiger partial charge in [0.1, 0.15) is 12.0 Å². The van der Waals surface area contributed by atoms with Crippen molar-refractivity contribution in [3.8, 4) is 28.5 Å². The van der Waals surface area contributed by atoms with Gasteiger partial charge >= 0.3 is 0 Å². The van der Waals surface area contributed by atoms with E-state index in [1.807, 2.05) is 18.2 Å². The summed E-state index contributed by atoms with van der Waals surface area (Å²) < 4.78 is 16.5. The third kappa shape index (κ3) is 2.36. The van der Waals surface area contributed by atoms with Crippen LogP contribution in [0.15, 0.2) is 24.5 Å². The van der Waals surface area contributed by atoms with Crippen molar-refractivity contribution >= 4 is 11.6 Å². The van der Waals surface area contributed by atoms with Crippen LogP contribution in [0.25, 0.3) is 11.3 Å². The van der Waals surface area contributed by atoms with E-state index < -0.39 is 0 Å². The van der Waals surface area contributed by atoms with Crippen LogP contribution in [0.5, 0.6) is 17.2 Å². The van der Waals surface area contributed by atoms with E-state index >= 15 is 0 Å². The van der Waals surface area contributed by atoms with Gasteiger partial charge in [-0.05, 0) is 18.2 Å². The molecule has 0 atom stereocenters. The first kappa shape index (κ1) is 13.0. The second-order valence-electron chi connectivity index (χ2n) is 4.26. The van der Waals surface area contributed by atoms with Gasteiger partial charge in [-0.2, -0.15) is 0 Å². The Hall–Kier alpha value is -2.01. The highest BCUT2D eigenvalue weighted by molar-refractivity contribution is 6.31. The lowest BCUT2D eigenvalue weighted by Gasteiger charge is -2.11. The quantitative estimate of drug-likeness (QED) is 0.797. The SMILES string of the molecule is COc1c(Cl)ncnc1-c1ccc2c(c1)OCCCO2. The molecule has 6 heteroatoms. The van der Waals surface area contributed by atoms with Crippen LogP contribution in [0.4, 0.5) is 0 Å². The summed E-state index contributed by atoms with van der Waals surface area (Å²) in [5.74, 6) is 1.89. The average molecular weight is 293 g/mol. The van der Waals surface area contributed by atoms with E-state index in [9.17, 15) is 0 Å². The fourth-order valence-electron chi connectivity index (χ4n) is 2.05. The molecule has 2 heterocycles. The van der Waals surface area contributed by atoms with Gasteiger partial charge in [0, 0.05) is 12.0 Å². The third-order valence-corrected chi connectivity index (χ3v) is 3.25. The third-order valence-electron chi connectivity index (χ3n) is 2.99. The van der Waals surface area contributed by atoms with Crippen LogP contribution in [-0.2, 0) is 0 Å². The Labute approximate surface area is 121 Å². The maximum Gasteiger partial charge on any atom is 0.182 e. The molecule has 1 aromatic heterocycles. The molecule has 5 nitrogen and oxygen atoms in total. The summed E-state index contributed by atoms with van der Waals surface area (Å²) in [6, 6.07) is 5.64. The zero-order valence-electron chi connectivity index (χ0n) is 10.9. The number of aromatic nitrogens is 2. The number of hydrogen-bond acceptors (Lipinski definition) is 5. The molecule has 0 aliphatic carbocycles. The molecule has 104 valence electrons. The molecule has 1 aromatic carbocycles.